The standard InChI is InChI=1S/C10H14N4O/c1-12(2)9-8-7(5-6-11-9)13(3)10(15)14(8)4/h5-6H,1-4H3. The zero-order valence-electron chi connectivity index (χ0n) is 9.35. The normalized spacial score (nSPS) is 10.9. The van der Waals surface area contributed by atoms with Crippen LogP contribution in [0.1, 0.15) is 0 Å². The number of fused-ring (bicyclic) bond motifs is 1. The Hall–Kier alpha value is -1.78. The van der Waals surface area contributed by atoms with Gasteiger partial charge in [0.25, 0.3) is 0 Å². The molecule has 2 aromatic heterocycles. The topological polar surface area (TPSA) is 43.1 Å². The Kier molecular flexibility index (Phi) is 2.03. The van der Waals surface area contributed by atoms with Crippen LogP contribution < -0.4 is 10.6 Å². The Bertz CT molecular complexity index is 565. The summed E-state index contributed by atoms with van der Waals surface area (Å²) < 4.78 is 3.25. The highest BCUT2D eigenvalue weighted by Gasteiger charge is 2.13. The van der Waals surface area contributed by atoms with Gasteiger partial charge in [0.2, 0.25) is 0 Å². The monoisotopic (exact) mass is 206 g/mol. The Labute approximate surface area is 87.6 Å². The van der Waals surface area contributed by atoms with Gasteiger partial charge in [-0.15, -0.1) is 0 Å². The van der Waals surface area contributed by atoms with Gasteiger partial charge in [0.15, 0.2) is 5.82 Å². The van der Waals surface area contributed by atoms with Crippen LogP contribution in [0, 0.1) is 0 Å². The van der Waals surface area contributed by atoms with Gasteiger partial charge in [-0.3, -0.25) is 9.13 Å². The molecule has 15 heavy (non-hydrogen) atoms. The van der Waals surface area contributed by atoms with E-state index in [2.05, 4.69) is 4.98 Å². The van der Waals surface area contributed by atoms with Crippen molar-refractivity contribution >= 4 is 16.9 Å². The van der Waals surface area contributed by atoms with Crippen molar-refractivity contribution in [2.45, 2.75) is 0 Å². The quantitative estimate of drug-likeness (QED) is 0.675. The molecular formula is C10H14N4O. The second-order valence-electron chi connectivity index (χ2n) is 3.80. The van der Waals surface area contributed by atoms with Gasteiger partial charge in [-0.2, -0.15) is 0 Å². The number of hydrogen-bond donors (Lipinski definition) is 0. The molecule has 0 amide bonds. The molecule has 0 aliphatic heterocycles. The highest BCUT2D eigenvalue weighted by molar-refractivity contribution is 5.86. The maximum Gasteiger partial charge on any atom is 0.328 e. The van der Waals surface area contributed by atoms with E-state index in [9.17, 15) is 4.79 Å². The van der Waals surface area contributed by atoms with Crippen molar-refractivity contribution in [1.82, 2.24) is 14.1 Å². The first-order chi connectivity index (χ1) is 7.04. The second kappa shape index (κ2) is 3.12. The number of anilines is 1. The molecule has 5 heteroatoms. The number of aromatic nitrogens is 3. The SMILES string of the molecule is CN(C)c1nccc2c1n(C)c(=O)n2C. The largest absolute Gasteiger partial charge is 0.361 e. The van der Waals surface area contributed by atoms with Crippen LogP contribution in [0.25, 0.3) is 11.0 Å². The summed E-state index contributed by atoms with van der Waals surface area (Å²) in [5.41, 5.74) is 1.75. The van der Waals surface area contributed by atoms with Gasteiger partial charge in [0.1, 0.15) is 5.52 Å². The molecule has 2 rings (SSSR count). The Morgan fingerprint density at radius 3 is 2.53 bits per heavy atom. The lowest BCUT2D eigenvalue weighted by atomic mass is 10.3. The van der Waals surface area contributed by atoms with Gasteiger partial charge in [0, 0.05) is 34.4 Å². The maximum absolute atomic E-state index is 11.7. The van der Waals surface area contributed by atoms with Crippen molar-refractivity contribution < 1.29 is 0 Å². The van der Waals surface area contributed by atoms with Crippen molar-refractivity contribution in [2.24, 2.45) is 14.1 Å². The van der Waals surface area contributed by atoms with E-state index in [1.807, 2.05) is 25.1 Å². The molecule has 2 aromatic rings. The maximum atomic E-state index is 11.7. The predicted molar refractivity (Wildman–Crippen MR) is 60.3 cm³/mol. The van der Waals surface area contributed by atoms with E-state index in [1.54, 1.807) is 29.4 Å². The van der Waals surface area contributed by atoms with Gasteiger partial charge in [0.05, 0.1) is 5.52 Å². The summed E-state index contributed by atoms with van der Waals surface area (Å²) in [5, 5.41) is 0. The second-order valence-corrected chi connectivity index (χ2v) is 3.80. The average molecular weight is 206 g/mol. The van der Waals surface area contributed by atoms with Crippen LogP contribution in [0.5, 0.6) is 0 Å². The third-order valence-corrected chi connectivity index (χ3v) is 2.58. The lowest BCUT2D eigenvalue weighted by molar-refractivity contribution is 0.794. The number of pyridine rings is 1. The summed E-state index contributed by atoms with van der Waals surface area (Å²) in [5.74, 6) is 0.813. The van der Waals surface area contributed by atoms with E-state index in [0.29, 0.717) is 0 Å². The first-order valence-electron chi connectivity index (χ1n) is 4.71. The lowest BCUT2D eigenvalue weighted by Crippen LogP contribution is -2.20. The zero-order valence-corrected chi connectivity index (χ0v) is 9.35. The molecule has 0 bridgehead atoms. The zero-order chi connectivity index (χ0) is 11.2. The number of rotatable bonds is 1. The summed E-state index contributed by atoms with van der Waals surface area (Å²) in [6.45, 7) is 0. The Morgan fingerprint density at radius 2 is 1.93 bits per heavy atom. The smallest absolute Gasteiger partial charge is 0.328 e. The Morgan fingerprint density at radius 1 is 1.27 bits per heavy atom. The molecule has 0 aliphatic carbocycles. The number of imidazole rings is 1. The van der Waals surface area contributed by atoms with Crippen LogP contribution in [0.2, 0.25) is 0 Å². The molecule has 0 fully saturated rings. The van der Waals surface area contributed by atoms with Crippen LogP contribution in [-0.4, -0.2) is 28.2 Å². The summed E-state index contributed by atoms with van der Waals surface area (Å²) in [7, 11) is 7.36. The van der Waals surface area contributed by atoms with Crippen molar-refractivity contribution in [3.8, 4) is 0 Å². The van der Waals surface area contributed by atoms with Crippen LogP contribution in [0.15, 0.2) is 17.1 Å². The van der Waals surface area contributed by atoms with Gasteiger partial charge in [-0.05, 0) is 6.07 Å². The summed E-state index contributed by atoms with van der Waals surface area (Å²) in [6, 6.07) is 1.85. The van der Waals surface area contributed by atoms with E-state index in [0.717, 1.165) is 16.9 Å². The van der Waals surface area contributed by atoms with Crippen LogP contribution in [0.4, 0.5) is 5.82 Å². The number of hydrogen-bond acceptors (Lipinski definition) is 3. The molecule has 0 saturated heterocycles. The molecule has 80 valence electrons. The predicted octanol–water partition coefficient (Wildman–Crippen LogP) is 0.338. The van der Waals surface area contributed by atoms with Crippen LogP contribution in [-0.2, 0) is 14.1 Å². The number of aryl methyl sites for hydroxylation is 2. The molecule has 2 heterocycles. The Balaban J connectivity index is 2.98. The van der Waals surface area contributed by atoms with E-state index in [4.69, 9.17) is 0 Å². The van der Waals surface area contributed by atoms with Gasteiger partial charge in [-0.1, -0.05) is 0 Å². The average Bonchev–Trinajstić information content (AvgIpc) is 2.44. The van der Waals surface area contributed by atoms with Gasteiger partial charge in [-0.25, -0.2) is 9.78 Å². The summed E-state index contributed by atoms with van der Waals surface area (Å²) in [6.07, 6.45) is 1.72. The molecule has 0 N–H and O–H groups in total. The lowest BCUT2D eigenvalue weighted by Gasteiger charge is -2.12. The van der Waals surface area contributed by atoms with Crippen LogP contribution in [0.3, 0.4) is 0 Å². The fourth-order valence-electron chi connectivity index (χ4n) is 1.78. The third-order valence-electron chi connectivity index (χ3n) is 2.58. The minimum atomic E-state index is -0.0268. The minimum absolute atomic E-state index is 0.0268. The fourth-order valence-corrected chi connectivity index (χ4v) is 1.78. The minimum Gasteiger partial charge on any atom is -0.361 e. The highest BCUT2D eigenvalue weighted by atomic mass is 16.1. The molecule has 0 aliphatic rings. The molecule has 0 radical (unpaired) electrons. The van der Waals surface area contributed by atoms with Crippen molar-refractivity contribution in [2.75, 3.05) is 19.0 Å². The van der Waals surface area contributed by atoms with Gasteiger partial charge >= 0.3 is 5.69 Å². The first-order valence-corrected chi connectivity index (χ1v) is 4.71. The molecule has 0 atom stereocenters. The van der Waals surface area contributed by atoms with Crippen LogP contribution >= 0.6 is 0 Å². The third kappa shape index (κ3) is 1.23. The molecular weight excluding hydrogens is 192 g/mol. The van der Waals surface area contributed by atoms with Crippen molar-refractivity contribution in [1.29, 1.82) is 0 Å². The number of nitrogens with zero attached hydrogens (tertiary/aromatic N) is 4. The highest BCUT2D eigenvalue weighted by Crippen LogP contribution is 2.20. The molecule has 0 spiro atoms. The molecule has 0 saturated carbocycles. The van der Waals surface area contributed by atoms with Crippen molar-refractivity contribution in [3.63, 3.8) is 0 Å². The molecule has 0 aromatic carbocycles. The van der Waals surface area contributed by atoms with E-state index < -0.39 is 0 Å². The van der Waals surface area contributed by atoms with E-state index in [-0.39, 0.29) is 5.69 Å². The first kappa shape index (κ1) is 9.76. The molecule has 0 unspecified atom stereocenters. The van der Waals surface area contributed by atoms with E-state index in [1.165, 1.54) is 0 Å². The van der Waals surface area contributed by atoms with Crippen molar-refractivity contribution in [3.05, 3.63) is 22.7 Å². The summed E-state index contributed by atoms with van der Waals surface area (Å²) in [4.78, 5) is 17.9. The summed E-state index contributed by atoms with van der Waals surface area (Å²) >= 11 is 0. The van der Waals surface area contributed by atoms with Gasteiger partial charge < -0.3 is 4.90 Å². The molecule has 5 nitrogen and oxygen atoms in total. The van der Waals surface area contributed by atoms with E-state index >= 15 is 0 Å². The fraction of sp³-hybridized carbons (Fsp3) is 0.400.